The van der Waals surface area contributed by atoms with Crippen molar-refractivity contribution in [2.24, 2.45) is 0 Å². The van der Waals surface area contributed by atoms with Crippen molar-refractivity contribution in [2.45, 2.75) is 0 Å². The molecular formula is C13H10N2O2S. The molecule has 0 bridgehead atoms. The lowest BCUT2D eigenvalue weighted by atomic mass is 10.1. The van der Waals surface area contributed by atoms with Crippen LogP contribution in [0.15, 0.2) is 48.1 Å². The van der Waals surface area contributed by atoms with Crippen molar-refractivity contribution < 1.29 is 9.59 Å². The van der Waals surface area contributed by atoms with Gasteiger partial charge in [0.25, 0.3) is 11.8 Å². The number of carbonyl (C=O) groups is 2. The highest BCUT2D eigenvalue weighted by Gasteiger charge is 2.24. The fourth-order valence-corrected chi connectivity index (χ4v) is 1.63. The monoisotopic (exact) mass is 258 g/mol. The predicted octanol–water partition coefficient (Wildman–Crippen LogP) is 1.16. The van der Waals surface area contributed by atoms with E-state index >= 15 is 0 Å². The van der Waals surface area contributed by atoms with E-state index < -0.39 is 11.8 Å². The second-order valence-electron chi connectivity index (χ2n) is 3.59. The highest BCUT2D eigenvalue weighted by Crippen LogP contribution is 2.04. The van der Waals surface area contributed by atoms with E-state index in [1.807, 2.05) is 30.3 Å². The number of benzene rings is 1. The van der Waals surface area contributed by atoms with Crippen LogP contribution in [-0.2, 0) is 9.59 Å². The zero-order chi connectivity index (χ0) is 13.0. The van der Waals surface area contributed by atoms with Gasteiger partial charge in [-0.1, -0.05) is 42.5 Å². The Kier molecular flexibility index (Phi) is 3.64. The topological polar surface area (TPSA) is 58.2 Å². The number of allylic oxidation sites excluding steroid dienone is 2. The molecule has 2 rings (SSSR count). The molecule has 1 fully saturated rings. The smallest absolute Gasteiger partial charge is 0.263 e. The van der Waals surface area contributed by atoms with Crippen molar-refractivity contribution in [1.82, 2.24) is 10.6 Å². The largest absolute Gasteiger partial charge is 0.299 e. The Labute approximate surface area is 109 Å². The van der Waals surface area contributed by atoms with Crippen LogP contribution in [0, 0.1) is 0 Å². The fourth-order valence-electron chi connectivity index (χ4n) is 1.45. The summed E-state index contributed by atoms with van der Waals surface area (Å²) in [6.07, 6.45) is 4.91. The van der Waals surface area contributed by atoms with Crippen molar-refractivity contribution in [1.29, 1.82) is 0 Å². The van der Waals surface area contributed by atoms with Crippen LogP contribution >= 0.6 is 12.2 Å². The lowest BCUT2D eigenvalue weighted by molar-refractivity contribution is -0.123. The van der Waals surface area contributed by atoms with Gasteiger partial charge in [0, 0.05) is 0 Å². The minimum absolute atomic E-state index is 0.0363. The maximum atomic E-state index is 11.5. The van der Waals surface area contributed by atoms with Gasteiger partial charge in [-0.25, -0.2) is 0 Å². The van der Waals surface area contributed by atoms with Crippen LogP contribution in [0.1, 0.15) is 5.56 Å². The summed E-state index contributed by atoms with van der Waals surface area (Å²) in [6, 6.07) is 9.58. The third-order valence-corrected chi connectivity index (χ3v) is 2.50. The van der Waals surface area contributed by atoms with E-state index in [9.17, 15) is 9.59 Å². The molecule has 1 aliphatic heterocycles. The molecule has 1 aliphatic rings. The first-order chi connectivity index (χ1) is 8.66. The van der Waals surface area contributed by atoms with Gasteiger partial charge in [0.15, 0.2) is 5.11 Å². The molecule has 0 saturated carbocycles. The van der Waals surface area contributed by atoms with E-state index in [4.69, 9.17) is 12.2 Å². The SMILES string of the molecule is O=C1NC(=S)NC(=O)C1=C/C=C\c1ccccc1. The van der Waals surface area contributed by atoms with E-state index in [-0.39, 0.29) is 10.7 Å². The molecule has 1 heterocycles. The molecule has 0 unspecified atom stereocenters. The standard InChI is InChI=1S/C13H10N2O2S/c16-11-10(12(17)15-13(18)14-11)8-4-7-9-5-2-1-3-6-9/h1-8H,(H2,14,15,16,17,18)/b7-4-. The van der Waals surface area contributed by atoms with Gasteiger partial charge in [-0.2, -0.15) is 0 Å². The molecule has 1 aromatic rings. The first-order valence-corrected chi connectivity index (χ1v) is 5.68. The van der Waals surface area contributed by atoms with Crippen molar-refractivity contribution in [3.05, 3.63) is 53.6 Å². The number of carbonyl (C=O) groups excluding carboxylic acids is 2. The molecule has 18 heavy (non-hydrogen) atoms. The summed E-state index contributed by atoms with van der Waals surface area (Å²) in [4.78, 5) is 23.0. The zero-order valence-corrected chi connectivity index (χ0v) is 10.2. The van der Waals surface area contributed by atoms with Gasteiger partial charge < -0.3 is 0 Å². The summed E-state index contributed by atoms with van der Waals surface area (Å²) in [7, 11) is 0. The summed E-state index contributed by atoms with van der Waals surface area (Å²) < 4.78 is 0. The van der Waals surface area contributed by atoms with Crippen molar-refractivity contribution in [3.63, 3.8) is 0 Å². The molecule has 0 atom stereocenters. The molecule has 0 aliphatic carbocycles. The average Bonchev–Trinajstić information content (AvgIpc) is 2.34. The number of hydrogen-bond acceptors (Lipinski definition) is 3. The van der Waals surface area contributed by atoms with Gasteiger partial charge >= 0.3 is 0 Å². The molecule has 1 saturated heterocycles. The summed E-state index contributed by atoms with van der Waals surface area (Å²) in [5.74, 6) is -0.970. The Bertz CT molecular complexity index is 540. The molecule has 2 N–H and O–H groups in total. The number of rotatable bonds is 2. The average molecular weight is 258 g/mol. The summed E-state index contributed by atoms with van der Waals surface area (Å²) in [6.45, 7) is 0. The number of thiocarbonyl (C=S) groups is 1. The van der Waals surface area contributed by atoms with Crippen molar-refractivity contribution in [2.75, 3.05) is 0 Å². The maximum absolute atomic E-state index is 11.5. The predicted molar refractivity (Wildman–Crippen MR) is 72.4 cm³/mol. The van der Waals surface area contributed by atoms with Gasteiger partial charge in [0.05, 0.1) is 0 Å². The zero-order valence-electron chi connectivity index (χ0n) is 9.34. The Morgan fingerprint density at radius 1 is 1.00 bits per heavy atom. The second kappa shape index (κ2) is 5.37. The molecular weight excluding hydrogens is 248 g/mol. The van der Waals surface area contributed by atoms with Crippen LogP contribution in [0.25, 0.3) is 6.08 Å². The highest BCUT2D eigenvalue weighted by molar-refractivity contribution is 7.80. The van der Waals surface area contributed by atoms with Gasteiger partial charge in [0.2, 0.25) is 0 Å². The highest BCUT2D eigenvalue weighted by atomic mass is 32.1. The fraction of sp³-hybridized carbons (Fsp3) is 0. The second-order valence-corrected chi connectivity index (χ2v) is 4.00. The van der Waals surface area contributed by atoms with Crippen LogP contribution in [-0.4, -0.2) is 16.9 Å². The normalized spacial score (nSPS) is 15.6. The Balaban J connectivity index is 2.14. The van der Waals surface area contributed by atoms with Gasteiger partial charge in [-0.3, -0.25) is 20.2 Å². The van der Waals surface area contributed by atoms with E-state index in [2.05, 4.69) is 10.6 Å². The molecule has 1 aromatic carbocycles. The van der Waals surface area contributed by atoms with Gasteiger partial charge in [-0.15, -0.1) is 0 Å². The molecule has 4 nitrogen and oxygen atoms in total. The van der Waals surface area contributed by atoms with Gasteiger partial charge in [0.1, 0.15) is 5.57 Å². The van der Waals surface area contributed by atoms with Crippen LogP contribution in [0.5, 0.6) is 0 Å². The van der Waals surface area contributed by atoms with E-state index in [1.54, 1.807) is 12.2 Å². The van der Waals surface area contributed by atoms with E-state index in [0.717, 1.165) is 5.56 Å². The van der Waals surface area contributed by atoms with E-state index in [0.29, 0.717) is 0 Å². The van der Waals surface area contributed by atoms with Gasteiger partial charge in [-0.05, 0) is 23.9 Å². The molecule has 90 valence electrons. The molecule has 0 spiro atoms. The molecule has 5 heteroatoms. The first-order valence-electron chi connectivity index (χ1n) is 5.27. The number of hydrogen-bond donors (Lipinski definition) is 2. The Morgan fingerprint density at radius 3 is 2.22 bits per heavy atom. The molecule has 2 amide bonds. The van der Waals surface area contributed by atoms with Crippen LogP contribution < -0.4 is 10.6 Å². The summed E-state index contributed by atoms with van der Waals surface area (Å²) in [5, 5.41) is 4.77. The third-order valence-electron chi connectivity index (χ3n) is 2.29. The van der Waals surface area contributed by atoms with Crippen molar-refractivity contribution in [3.8, 4) is 0 Å². The Morgan fingerprint density at radius 2 is 1.61 bits per heavy atom. The minimum Gasteiger partial charge on any atom is -0.299 e. The first kappa shape index (κ1) is 12.2. The van der Waals surface area contributed by atoms with Crippen LogP contribution in [0.2, 0.25) is 0 Å². The number of amides is 2. The van der Waals surface area contributed by atoms with Crippen LogP contribution in [0.4, 0.5) is 0 Å². The minimum atomic E-state index is -0.485. The Hall–Kier alpha value is -2.27. The van der Waals surface area contributed by atoms with Crippen LogP contribution in [0.3, 0.4) is 0 Å². The third kappa shape index (κ3) is 2.89. The summed E-state index contributed by atoms with van der Waals surface area (Å²) in [5.41, 5.74) is 1.03. The van der Waals surface area contributed by atoms with Crippen molar-refractivity contribution >= 4 is 35.2 Å². The lowest BCUT2D eigenvalue weighted by Crippen LogP contribution is -2.51. The quantitative estimate of drug-likeness (QED) is 0.475. The maximum Gasteiger partial charge on any atom is 0.263 e. The number of nitrogens with one attached hydrogen (secondary N) is 2. The van der Waals surface area contributed by atoms with E-state index in [1.165, 1.54) is 6.08 Å². The molecule has 0 radical (unpaired) electrons. The molecule has 0 aromatic heterocycles. The lowest BCUT2D eigenvalue weighted by Gasteiger charge is -2.15. The summed E-state index contributed by atoms with van der Waals surface area (Å²) >= 11 is 4.69.